The molecule has 2 aliphatic rings. The van der Waals surface area contributed by atoms with E-state index in [4.69, 9.17) is 10.8 Å². The van der Waals surface area contributed by atoms with Crippen LogP contribution in [0.25, 0.3) is 22.3 Å². The average Bonchev–Trinajstić information content (AvgIpc) is 3.49. The van der Waals surface area contributed by atoms with Crippen molar-refractivity contribution < 1.29 is 4.79 Å². The van der Waals surface area contributed by atoms with Gasteiger partial charge in [-0.25, -0.2) is 14.6 Å². The smallest absolute Gasteiger partial charge is 0.252 e. The van der Waals surface area contributed by atoms with Gasteiger partial charge in [0.25, 0.3) is 5.91 Å². The molecular weight excluding hydrogens is 560 g/mol. The Morgan fingerprint density at radius 2 is 1.42 bits per heavy atom. The monoisotopic (exact) mass is 600 g/mol. The Labute approximate surface area is 264 Å². The van der Waals surface area contributed by atoms with E-state index in [1.807, 2.05) is 60.7 Å². The molecule has 3 N–H and O–H groups in total. The third kappa shape index (κ3) is 6.06. The second-order valence-electron chi connectivity index (χ2n) is 12.4. The van der Waals surface area contributed by atoms with Crippen molar-refractivity contribution in [2.24, 2.45) is 0 Å². The average molecular weight is 601 g/mol. The number of benzene rings is 3. The first-order valence-electron chi connectivity index (χ1n) is 16.0. The highest BCUT2D eigenvalue weighted by Crippen LogP contribution is 2.37. The van der Waals surface area contributed by atoms with Crippen molar-refractivity contribution in [3.63, 3.8) is 0 Å². The zero-order valence-corrected chi connectivity index (χ0v) is 25.7. The number of nitrogen functional groups attached to an aromatic ring is 1. The number of nitrogens with zero attached hydrogens (tertiary/aromatic N) is 6. The lowest BCUT2D eigenvalue weighted by Gasteiger charge is -2.41. The van der Waals surface area contributed by atoms with Gasteiger partial charge < -0.3 is 16.0 Å². The lowest BCUT2D eigenvalue weighted by Crippen LogP contribution is -2.49. The number of hydrogen-bond acceptors (Lipinski definition) is 7. The highest BCUT2D eigenvalue weighted by atomic mass is 16.1. The van der Waals surface area contributed by atoms with Crippen LogP contribution in [0.1, 0.15) is 59.3 Å². The number of amides is 1. The van der Waals surface area contributed by atoms with Crippen molar-refractivity contribution in [2.45, 2.75) is 43.8 Å². The molecule has 1 unspecified atom stereocenters. The second-order valence-corrected chi connectivity index (χ2v) is 12.4. The second kappa shape index (κ2) is 12.8. The first kappa shape index (κ1) is 29.1. The Kier molecular flexibility index (Phi) is 8.28. The Balaban J connectivity index is 1.16. The molecular formula is C36H40N8O. The highest BCUT2D eigenvalue weighted by molar-refractivity contribution is 5.98. The van der Waals surface area contributed by atoms with Crippen molar-refractivity contribution in [1.29, 1.82) is 0 Å². The fourth-order valence-electron chi connectivity index (χ4n) is 6.95. The predicted octanol–water partition coefficient (Wildman–Crippen LogP) is 5.33. The van der Waals surface area contributed by atoms with Crippen LogP contribution >= 0.6 is 0 Å². The maximum Gasteiger partial charge on any atom is 0.252 e. The van der Waals surface area contributed by atoms with E-state index in [0.29, 0.717) is 17.4 Å². The molecule has 5 aromatic rings. The Bertz CT molecular complexity index is 1740. The molecule has 2 fully saturated rings. The van der Waals surface area contributed by atoms with Crippen LogP contribution < -0.4 is 11.1 Å². The molecule has 1 saturated carbocycles. The summed E-state index contributed by atoms with van der Waals surface area (Å²) in [6.45, 7) is 4.60. The van der Waals surface area contributed by atoms with Gasteiger partial charge in [-0.05, 0) is 56.0 Å². The van der Waals surface area contributed by atoms with Gasteiger partial charge in [-0.1, -0.05) is 72.8 Å². The van der Waals surface area contributed by atoms with Gasteiger partial charge in [0.15, 0.2) is 5.65 Å². The molecule has 9 heteroatoms. The van der Waals surface area contributed by atoms with Crippen LogP contribution in [0.4, 0.5) is 5.82 Å². The van der Waals surface area contributed by atoms with Gasteiger partial charge in [0, 0.05) is 43.3 Å². The summed E-state index contributed by atoms with van der Waals surface area (Å²) < 4.78 is 2.10. The fraction of sp³-hybridized carbons (Fsp3) is 0.333. The number of carbonyl (C=O) groups excluding carboxylic acids is 1. The molecule has 45 heavy (non-hydrogen) atoms. The molecule has 230 valence electrons. The number of fused-ring (bicyclic) bond motifs is 1. The summed E-state index contributed by atoms with van der Waals surface area (Å²) in [7, 11) is 2.21. The molecule has 1 aliphatic heterocycles. The van der Waals surface area contributed by atoms with Gasteiger partial charge in [-0.15, -0.1) is 0 Å². The predicted molar refractivity (Wildman–Crippen MR) is 178 cm³/mol. The summed E-state index contributed by atoms with van der Waals surface area (Å²) in [5.74, 6) is 0.319. The fourth-order valence-corrected chi connectivity index (χ4v) is 6.95. The minimum atomic E-state index is -0.314. The molecule has 1 amide bonds. The van der Waals surface area contributed by atoms with E-state index in [1.165, 1.54) is 0 Å². The topological polar surface area (TPSA) is 105 Å². The van der Waals surface area contributed by atoms with Crippen LogP contribution in [-0.4, -0.2) is 74.7 Å². The molecule has 7 rings (SSSR count). The van der Waals surface area contributed by atoms with Gasteiger partial charge in [-0.2, -0.15) is 5.10 Å². The summed E-state index contributed by atoms with van der Waals surface area (Å²) >= 11 is 0. The Morgan fingerprint density at radius 3 is 2.11 bits per heavy atom. The quantitative estimate of drug-likeness (QED) is 0.260. The Hall–Kier alpha value is -4.60. The molecule has 1 atom stereocenters. The number of likely N-dealkylation sites (N-methyl/N-ethyl adjacent to an activating group) is 1. The van der Waals surface area contributed by atoms with Crippen molar-refractivity contribution in [2.75, 3.05) is 39.0 Å². The molecule has 1 aliphatic carbocycles. The molecule has 3 heterocycles. The maximum absolute atomic E-state index is 13.2. The molecule has 9 nitrogen and oxygen atoms in total. The summed E-state index contributed by atoms with van der Waals surface area (Å²) in [6, 6.07) is 28.2. The third-order valence-corrected chi connectivity index (χ3v) is 9.55. The van der Waals surface area contributed by atoms with Crippen molar-refractivity contribution >= 4 is 22.8 Å². The summed E-state index contributed by atoms with van der Waals surface area (Å²) in [5.41, 5.74) is 11.6. The third-order valence-electron chi connectivity index (χ3n) is 9.55. The van der Waals surface area contributed by atoms with Gasteiger partial charge in [0.05, 0.1) is 17.5 Å². The van der Waals surface area contributed by atoms with E-state index in [9.17, 15) is 4.79 Å². The number of aromatic nitrogens is 4. The lowest BCUT2D eigenvalue weighted by atomic mass is 9.90. The van der Waals surface area contributed by atoms with Crippen LogP contribution in [0.3, 0.4) is 0 Å². The number of nitrogens with two attached hydrogens (primary N) is 1. The molecule has 0 spiro atoms. The van der Waals surface area contributed by atoms with Crippen LogP contribution in [-0.2, 0) is 0 Å². The number of hydrogen-bond donors (Lipinski definition) is 2. The number of piperazine rings is 1. The van der Waals surface area contributed by atoms with E-state index >= 15 is 0 Å². The van der Waals surface area contributed by atoms with E-state index in [0.717, 1.165) is 85.3 Å². The summed E-state index contributed by atoms with van der Waals surface area (Å²) in [4.78, 5) is 27.3. The van der Waals surface area contributed by atoms with Crippen LogP contribution in [0.5, 0.6) is 0 Å². The van der Waals surface area contributed by atoms with Gasteiger partial charge >= 0.3 is 0 Å². The van der Waals surface area contributed by atoms with Gasteiger partial charge in [0.2, 0.25) is 0 Å². The standard InChI is InChI=1S/C36H40N8O/c1-42-20-22-43(23-21-42)29-16-18-30(19-17-29)44-35-31(34(37)38-24-39-35)33(41-44)27-14-12-26(13-15-27)32(25-8-4-2-5-9-25)40-36(45)28-10-6-3-7-11-28/h2-15,24,29-30,32H,16-23H2,1H3,(H,40,45)(H2,37,38,39)/t29-,30+,32?. The minimum Gasteiger partial charge on any atom is -0.383 e. The van der Waals surface area contributed by atoms with Crippen molar-refractivity contribution in [3.05, 3.63) is 108 Å². The normalized spacial score (nSPS) is 20.2. The molecule has 0 bridgehead atoms. The van der Waals surface area contributed by atoms with E-state index in [2.05, 4.69) is 61.1 Å². The molecule has 2 aromatic heterocycles. The molecule has 3 aromatic carbocycles. The van der Waals surface area contributed by atoms with Gasteiger partial charge in [0.1, 0.15) is 17.8 Å². The minimum absolute atomic E-state index is 0.120. The van der Waals surface area contributed by atoms with E-state index in [-0.39, 0.29) is 18.0 Å². The largest absolute Gasteiger partial charge is 0.383 e. The van der Waals surface area contributed by atoms with Crippen LogP contribution in [0.15, 0.2) is 91.3 Å². The molecule has 0 radical (unpaired) electrons. The van der Waals surface area contributed by atoms with Crippen molar-refractivity contribution in [3.8, 4) is 11.3 Å². The summed E-state index contributed by atoms with van der Waals surface area (Å²) in [5, 5.41) is 9.19. The number of carbonyl (C=O) groups is 1. The number of anilines is 1. The van der Waals surface area contributed by atoms with Gasteiger partial charge in [-0.3, -0.25) is 9.69 Å². The first-order valence-corrected chi connectivity index (χ1v) is 16.0. The van der Waals surface area contributed by atoms with Crippen LogP contribution in [0, 0.1) is 0 Å². The van der Waals surface area contributed by atoms with Crippen molar-refractivity contribution in [1.82, 2.24) is 34.9 Å². The number of rotatable bonds is 7. The first-order chi connectivity index (χ1) is 22.0. The lowest BCUT2D eigenvalue weighted by molar-refractivity contribution is 0.0815. The SMILES string of the molecule is CN1CCN([C@H]2CC[C@@H](n3nc(-c4ccc(C(NC(=O)c5ccccc5)c5ccccc5)cc4)c4c(N)ncnc43)CC2)CC1. The van der Waals surface area contributed by atoms with E-state index < -0.39 is 0 Å². The highest BCUT2D eigenvalue weighted by Gasteiger charge is 2.31. The summed E-state index contributed by atoms with van der Waals surface area (Å²) in [6.07, 6.45) is 6.00. The molecule has 1 saturated heterocycles. The zero-order chi connectivity index (χ0) is 30.8. The maximum atomic E-state index is 13.2. The zero-order valence-electron chi connectivity index (χ0n) is 25.7. The Morgan fingerprint density at radius 1 is 0.800 bits per heavy atom. The van der Waals surface area contributed by atoms with E-state index in [1.54, 1.807) is 6.33 Å². The number of nitrogens with one attached hydrogen (secondary N) is 1. The van der Waals surface area contributed by atoms with Crippen LogP contribution in [0.2, 0.25) is 0 Å².